The Morgan fingerprint density at radius 2 is 1.82 bits per heavy atom. The van der Waals surface area contributed by atoms with E-state index in [1.807, 2.05) is 0 Å². The fourth-order valence-corrected chi connectivity index (χ4v) is 3.12. The molecule has 1 saturated heterocycles. The third-order valence-electron chi connectivity index (χ3n) is 4.80. The number of rotatable bonds is 4. The van der Waals surface area contributed by atoms with E-state index >= 15 is 0 Å². The van der Waals surface area contributed by atoms with Crippen LogP contribution in [0.25, 0.3) is 11.6 Å². The lowest BCUT2D eigenvalue weighted by molar-refractivity contribution is -0.158. The summed E-state index contributed by atoms with van der Waals surface area (Å²) in [5.41, 5.74) is 0.745. The molecule has 182 valence electrons. The number of likely N-dealkylation sites (tertiary alicyclic amines) is 1. The standard InChI is InChI=1S/C14H9F3N4O.C7H10F3NO/c15-14(16,17)9-3-5-10(6-4-9)20-11-2-1-7-18-12(11)13-21-19-8-22-13;1-5-2-3-11(6(5)12)4-7(8,9)10/h1-8,20H;5H,2-4H2,1H3. The molecule has 1 aromatic carbocycles. The average Bonchev–Trinajstić information content (AvgIpc) is 3.40. The van der Waals surface area contributed by atoms with E-state index in [4.69, 9.17) is 4.42 Å². The maximum absolute atomic E-state index is 12.5. The molecule has 34 heavy (non-hydrogen) atoms. The van der Waals surface area contributed by atoms with E-state index in [9.17, 15) is 31.1 Å². The second kappa shape index (κ2) is 10.1. The van der Waals surface area contributed by atoms with Crippen LogP contribution in [0.3, 0.4) is 0 Å². The molecule has 1 amide bonds. The maximum Gasteiger partial charge on any atom is 0.416 e. The first-order valence-corrected chi connectivity index (χ1v) is 9.95. The van der Waals surface area contributed by atoms with E-state index in [0.29, 0.717) is 23.5 Å². The van der Waals surface area contributed by atoms with Crippen molar-refractivity contribution in [3.8, 4) is 11.6 Å². The summed E-state index contributed by atoms with van der Waals surface area (Å²) in [7, 11) is 0. The molecule has 3 heterocycles. The van der Waals surface area contributed by atoms with Crippen LogP contribution in [0.4, 0.5) is 37.7 Å². The molecule has 1 fully saturated rings. The summed E-state index contributed by atoms with van der Waals surface area (Å²) < 4.78 is 78.1. The number of halogens is 6. The molecule has 0 radical (unpaired) electrons. The number of aromatic nitrogens is 3. The minimum atomic E-state index is -4.36. The summed E-state index contributed by atoms with van der Waals surface area (Å²) >= 11 is 0. The molecule has 1 N–H and O–H groups in total. The van der Waals surface area contributed by atoms with Crippen molar-refractivity contribution in [2.45, 2.75) is 25.7 Å². The Kier molecular flexibility index (Phi) is 7.42. The van der Waals surface area contributed by atoms with Gasteiger partial charge in [-0.1, -0.05) is 6.92 Å². The van der Waals surface area contributed by atoms with Crippen LogP contribution in [0.2, 0.25) is 0 Å². The number of amides is 1. The number of pyridine rings is 1. The Labute approximate surface area is 189 Å². The van der Waals surface area contributed by atoms with Gasteiger partial charge in [0.25, 0.3) is 5.89 Å². The zero-order valence-electron chi connectivity index (χ0n) is 17.7. The normalized spacial score (nSPS) is 16.3. The second-order valence-corrected chi connectivity index (χ2v) is 7.41. The molecule has 0 saturated carbocycles. The largest absolute Gasteiger partial charge is 0.422 e. The van der Waals surface area contributed by atoms with Crippen LogP contribution in [-0.2, 0) is 11.0 Å². The van der Waals surface area contributed by atoms with E-state index in [2.05, 4.69) is 20.5 Å². The maximum atomic E-state index is 12.5. The summed E-state index contributed by atoms with van der Waals surface area (Å²) in [6.45, 7) is 0.786. The number of anilines is 2. The topological polar surface area (TPSA) is 84.2 Å². The van der Waals surface area contributed by atoms with Crippen LogP contribution < -0.4 is 5.32 Å². The Bertz CT molecular complexity index is 1080. The SMILES string of the molecule is CC1CCN(CC(F)(F)F)C1=O.FC(F)(F)c1ccc(Nc2cccnc2-c2nnco2)cc1. The van der Waals surface area contributed by atoms with Gasteiger partial charge in [0, 0.05) is 24.3 Å². The highest BCUT2D eigenvalue weighted by atomic mass is 19.4. The van der Waals surface area contributed by atoms with Crippen molar-refractivity contribution in [3.05, 3.63) is 54.6 Å². The zero-order valence-corrected chi connectivity index (χ0v) is 17.7. The monoisotopic (exact) mass is 487 g/mol. The molecular formula is C21H19F6N5O2. The molecule has 1 atom stereocenters. The quantitative estimate of drug-likeness (QED) is 0.502. The number of hydrogen-bond donors (Lipinski definition) is 1. The van der Waals surface area contributed by atoms with E-state index in [1.165, 1.54) is 18.5 Å². The van der Waals surface area contributed by atoms with Gasteiger partial charge in [0.2, 0.25) is 12.3 Å². The molecule has 7 nitrogen and oxygen atoms in total. The van der Waals surface area contributed by atoms with Crippen LogP contribution in [-0.4, -0.2) is 45.3 Å². The number of nitrogens with zero attached hydrogens (tertiary/aromatic N) is 4. The summed E-state index contributed by atoms with van der Waals surface area (Å²) in [4.78, 5) is 16.0. The molecule has 0 bridgehead atoms. The Hall–Kier alpha value is -3.64. The van der Waals surface area contributed by atoms with Gasteiger partial charge in [-0.2, -0.15) is 26.3 Å². The molecular weight excluding hydrogens is 468 g/mol. The van der Waals surface area contributed by atoms with Crippen molar-refractivity contribution in [1.82, 2.24) is 20.1 Å². The van der Waals surface area contributed by atoms with Gasteiger partial charge in [0.15, 0.2) is 5.69 Å². The van der Waals surface area contributed by atoms with E-state index in [1.54, 1.807) is 25.3 Å². The first-order valence-electron chi connectivity index (χ1n) is 9.95. The lowest BCUT2D eigenvalue weighted by atomic mass is 10.1. The Balaban J connectivity index is 0.000000229. The summed E-state index contributed by atoms with van der Waals surface area (Å²) in [6.07, 6.45) is -5.36. The van der Waals surface area contributed by atoms with Crippen LogP contribution in [0.1, 0.15) is 18.9 Å². The van der Waals surface area contributed by atoms with Crippen LogP contribution in [0, 0.1) is 5.92 Å². The summed E-state index contributed by atoms with van der Waals surface area (Å²) in [5, 5.41) is 10.3. The lowest BCUT2D eigenvalue weighted by Crippen LogP contribution is -2.35. The Morgan fingerprint density at radius 1 is 1.12 bits per heavy atom. The van der Waals surface area contributed by atoms with Crippen molar-refractivity contribution >= 4 is 17.3 Å². The fraction of sp³-hybridized carbons (Fsp3) is 0.333. The van der Waals surface area contributed by atoms with Gasteiger partial charge in [-0.15, -0.1) is 10.2 Å². The van der Waals surface area contributed by atoms with Gasteiger partial charge in [-0.3, -0.25) is 4.79 Å². The van der Waals surface area contributed by atoms with Crippen LogP contribution >= 0.6 is 0 Å². The van der Waals surface area contributed by atoms with Crippen LogP contribution in [0.5, 0.6) is 0 Å². The van der Waals surface area contributed by atoms with Crippen molar-refractivity contribution in [2.75, 3.05) is 18.4 Å². The molecule has 3 aromatic rings. The fourth-order valence-electron chi connectivity index (χ4n) is 3.12. The number of alkyl halides is 6. The smallest absolute Gasteiger partial charge is 0.416 e. The van der Waals surface area contributed by atoms with Gasteiger partial charge in [-0.25, -0.2) is 4.98 Å². The zero-order chi connectivity index (χ0) is 24.9. The second-order valence-electron chi connectivity index (χ2n) is 7.41. The molecule has 2 aromatic heterocycles. The van der Waals surface area contributed by atoms with E-state index in [0.717, 1.165) is 17.0 Å². The molecule has 4 rings (SSSR count). The molecule has 0 aliphatic carbocycles. The minimum Gasteiger partial charge on any atom is -0.422 e. The van der Waals surface area contributed by atoms with Gasteiger partial charge >= 0.3 is 12.4 Å². The molecule has 1 aliphatic rings. The highest BCUT2D eigenvalue weighted by Crippen LogP contribution is 2.31. The molecule has 13 heteroatoms. The van der Waals surface area contributed by atoms with Gasteiger partial charge in [0.05, 0.1) is 11.3 Å². The summed E-state index contributed by atoms with van der Waals surface area (Å²) in [6, 6.07) is 8.09. The van der Waals surface area contributed by atoms with Crippen LogP contribution in [0.15, 0.2) is 53.4 Å². The third-order valence-corrected chi connectivity index (χ3v) is 4.80. The summed E-state index contributed by atoms with van der Waals surface area (Å²) in [5.74, 6) is -0.408. The highest BCUT2D eigenvalue weighted by Gasteiger charge is 2.37. The predicted octanol–water partition coefficient (Wildman–Crippen LogP) is 5.31. The number of nitrogens with one attached hydrogen (secondary N) is 1. The predicted molar refractivity (Wildman–Crippen MR) is 109 cm³/mol. The first-order chi connectivity index (χ1) is 15.9. The number of carbonyl (C=O) groups excluding carboxylic acids is 1. The molecule has 1 unspecified atom stereocenters. The lowest BCUT2D eigenvalue weighted by Gasteiger charge is -2.17. The molecule has 0 spiro atoms. The minimum absolute atomic E-state index is 0.218. The number of carbonyl (C=O) groups is 1. The van der Waals surface area contributed by atoms with Gasteiger partial charge in [0.1, 0.15) is 6.54 Å². The van der Waals surface area contributed by atoms with Gasteiger partial charge < -0.3 is 14.6 Å². The first kappa shape index (κ1) is 25.0. The molecule has 1 aliphatic heterocycles. The van der Waals surface area contributed by atoms with Gasteiger partial charge in [-0.05, 0) is 42.8 Å². The van der Waals surface area contributed by atoms with Crippen molar-refractivity contribution in [2.24, 2.45) is 5.92 Å². The number of benzene rings is 1. The highest BCUT2D eigenvalue weighted by molar-refractivity contribution is 5.80. The Morgan fingerprint density at radius 3 is 2.35 bits per heavy atom. The van der Waals surface area contributed by atoms with Crippen molar-refractivity contribution < 1.29 is 35.6 Å². The van der Waals surface area contributed by atoms with Crippen molar-refractivity contribution in [1.29, 1.82) is 0 Å². The van der Waals surface area contributed by atoms with Crippen molar-refractivity contribution in [3.63, 3.8) is 0 Å². The average molecular weight is 487 g/mol. The van der Waals surface area contributed by atoms with E-state index in [-0.39, 0.29) is 24.3 Å². The number of hydrogen-bond acceptors (Lipinski definition) is 6. The van der Waals surface area contributed by atoms with E-state index < -0.39 is 24.5 Å². The third kappa shape index (κ3) is 6.68.